The van der Waals surface area contributed by atoms with E-state index in [9.17, 15) is 4.79 Å². The molecule has 3 nitrogen and oxygen atoms in total. The van der Waals surface area contributed by atoms with Crippen molar-refractivity contribution in [2.45, 2.75) is 19.4 Å². The van der Waals surface area contributed by atoms with Crippen molar-refractivity contribution in [3.05, 3.63) is 0 Å². The second-order valence-electron chi connectivity index (χ2n) is 2.29. The number of carbonyl (C=O) groups excluding carboxylic acids is 1. The third-order valence-electron chi connectivity index (χ3n) is 0.846. The highest BCUT2D eigenvalue weighted by Gasteiger charge is 2.18. The van der Waals surface area contributed by atoms with Gasteiger partial charge in [0, 0.05) is 0 Å². The Morgan fingerprint density at radius 2 is 2.30 bits per heavy atom. The molecule has 0 bridgehead atoms. The topological polar surface area (TPSA) is 46.5 Å². The van der Waals surface area contributed by atoms with Gasteiger partial charge >= 0.3 is 5.97 Å². The number of hydrogen-bond donors (Lipinski definition) is 1. The predicted octanol–water partition coefficient (Wildman–Crippen LogP) is -0.0663. The van der Waals surface area contributed by atoms with Crippen molar-refractivity contribution in [1.82, 2.24) is 0 Å². The van der Waals surface area contributed by atoms with Gasteiger partial charge in [-0.2, -0.15) is 0 Å². The van der Waals surface area contributed by atoms with Crippen LogP contribution in [0.1, 0.15) is 13.8 Å². The van der Waals surface area contributed by atoms with E-state index in [0.29, 0.717) is 0 Å². The highest BCUT2D eigenvalue weighted by atomic mass is 16.6. The maximum atomic E-state index is 10.4. The predicted molar refractivity (Wildman–Crippen MR) is 36.1 cm³/mol. The summed E-state index contributed by atoms with van der Waals surface area (Å²) in [5, 5.41) is 8.25. The minimum absolute atomic E-state index is 0.634. The molecule has 10 heavy (non-hydrogen) atoms. The van der Waals surface area contributed by atoms with Gasteiger partial charge in [0.2, 0.25) is 0 Å². The molecule has 0 aromatic rings. The minimum Gasteiger partial charge on any atom is -0.445 e. The summed E-state index contributed by atoms with van der Waals surface area (Å²) in [5.74, 6) is 1.55. The fourth-order valence-corrected chi connectivity index (χ4v) is 0.346. The molecule has 0 saturated heterocycles. The first-order chi connectivity index (χ1) is 4.52. The Kier molecular flexibility index (Phi) is 2.91. The van der Waals surface area contributed by atoms with Gasteiger partial charge in [0.15, 0.2) is 5.60 Å². The fourth-order valence-electron chi connectivity index (χ4n) is 0.346. The normalized spacial score (nSPS) is 10.2. The summed E-state index contributed by atoms with van der Waals surface area (Å²) in [6.45, 7) is 2.51. The van der Waals surface area contributed by atoms with Gasteiger partial charge in [-0.3, -0.25) is 0 Å². The maximum Gasteiger partial charge on any atom is 0.333 e. The summed E-state index contributed by atoms with van der Waals surface area (Å²) < 4.78 is 4.61. The molecule has 0 heterocycles. The van der Waals surface area contributed by atoms with Crippen LogP contribution in [0.25, 0.3) is 0 Å². The van der Waals surface area contributed by atoms with Crippen molar-refractivity contribution in [1.29, 1.82) is 0 Å². The van der Waals surface area contributed by atoms with Crippen molar-refractivity contribution in [3.8, 4) is 12.3 Å². The molecule has 3 heteroatoms. The van der Waals surface area contributed by atoms with Crippen LogP contribution in [0.3, 0.4) is 0 Å². The zero-order chi connectivity index (χ0) is 8.20. The van der Waals surface area contributed by atoms with E-state index in [2.05, 4.69) is 10.7 Å². The van der Waals surface area contributed by atoms with Gasteiger partial charge in [-0.1, -0.05) is 5.92 Å². The quantitative estimate of drug-likeness (QED) is 0.433. The van der Waals surface area contributed by atoms with E-state index >= 15 is 0 Å². The van der Waals surface area contributed by atoms with Gasteiger partial charge in [0.1, 0.15) is 6.61 Å². The summed E-state index contributed by atoms with van der Waals surface area (Å²) >= 11 is 0. The van der Waals surface area contributed by atoms with Gasteiger partial charge in [0.05, 0.1) is 0 Å². The molecule has 1 N–H and O–H groups in total. The monoisotopic (exact) mass is 142 g/mol. The number of aliphatic hydroxyl groups excluding tert-OH is 1. The minimum atomic E-state index is -0.917. The molecule has 0 unspecified atom stereocenters. The van der Waals surface area contributed by atoms with E-state index in [1.54, 1.807) is 13.8 Å². The lowest BCUT2D eigenvalue weighted by Gasteiger charge is -2.17. The molecule has 0 saturated carbocycles. The molecule has 56 valence electrons. The molecule has 0 aromatic carbocycles. The smallest absolute Gasteiger partial charge is 0.333 e. The fraction of sp³-hybridized carbons (Fsp3) is 0.571. The van der Waals surface area contributed by atoms with Gasteiger partial charge in [-0.25, -0.2) is 4.79 Å². The lowest BCUT2D eigenvalue weighted by Crippen LogP contribution is -2.27. The molecule has 0 rings (SSSR count). The van der Waals surface area contributed by atoms with Crippen molar-refractivity contribution < 1.29 is 14.6 Å². The third-order valence-corrected chi connectivity index (χ3v) is 0.846. The number of rotatable bonds is 2. The molecule has 0 radical (unpaired) electrons. The average molecular weight is 142 g/mol. The van der Waals surface area contributed by atoms with Crippen LogP contribution < -0.4 is 0 Å². The second-order valence-corrected chi connectivity index (χ2v) is 2.29. The van der Waals surface area contributed by atoms with Crippen LogP contribution in [0, 0.1) is 12.3 Å². The van der Waals surface area contributed by atoms with Crippen LogP contribution in [0.4, 0.5) is 0 Å². The summed E-state index contributed by atoms with van der Waals surface area (Å²) in [7, 11) is 0. The molecule has 0 spiro atoms. The molecule has 0 atom stereocenters. The summed E-state index contributed by atoms with van der Waals surface area (Å²) in [5.41, 5.74) is -0.917. The molecule has 0 aliphatic heterocycles. The first-order valence-electron chi connectivity index (χ1n) is 2.82. The van der Waals surface area contributed by atoms with E-state index in [4.69, 9.17) is 11.5 Å². The van der Waals surface area contributed by atoms with Gasteiger partial charge in [-0.05, 0) is 13.8 Å². The average Bonchev–Trinajstić information content (AvgIpc) is 1.87. The number of esters is 1. The largest absolute Gasteiger partial charge is 0.445 e. The molecule has 0 fully saturated rings. The Bertz CT molecular complexity index is 164. The number of aliphatic hydroxyl groups is 1. The van der Waals surface area contributed by atoms with Crippen LogP contribution in [-0.4, -0.2) is 23.3 Å². The van der Waals surface area contributed by atoms with Crippen LogP contribution in [0.5, 0.6) is 0 Å². The lowest BCUT2D eigenvalue weighted by atomic mass is 10.1. The van der Waals surface area contributed by atoms with E-state index in [1.165, 1.54) is 0 Å². The van der Waals surface area contributed by atoms with Crippen molar-refractivity contribution in [3.63, 3.8) is 0 Å². The first kappa shape index (κ1) is 8.99. The van der Waals surface area contributed by atoms with E-state index in [-0.39, 0.29) is 0 Å². The van der Waals surface area contributed by atoms with Gasteiger partial charge in [-0.15, -0.1) is 6.42 Å². The third kappa shape index (κ3) is 3.10. The van der Waals surface area contributed by atoms with Crippen molar-refractivity contribution >= 4 is 5.97 Å². The zero-order valence-electron chi connectivity index (χ0n) is 6.05. The van der Waals surface area contributed by atoms with Crippen molar-refractivity contribution in [2.75, 3.05) is 6.61 Å². The molecule has 0 amide bonds. The Morgan fingerprint density at radius 1 is 1.80 bits per heavy atom. The number of ether oxygens (including phenoxy) is 1. The summed E-state index contributed by atoms with van der Waals surface area (Å²) in [4.78, 5) is 10.4. The molecular formula is C7H10O3. The van der Waals surface area contributed by atoms with Crippen molar-refractivity contribution in [2.24, 2.45) is 0 Å². The van der Waals surface area contributed by atoms with Crippen LogP contribution in [0.2, 0.25) is 0 Å². The standard InChI is InChI=1S/C7H10O3/c1-4-7(2,3)10-6(9)5-8/h1,8H,5H2,2-3H3. The maximum absolute atomic E-state index is 10.4. The summed E-state index contributed by atoms with van der Waals surface area (Å²) in [6, 6.07) is 0. The number of terminal acetylenes is 1. The van der Waals surface area contributed by atoms with E-state index < -0.39 is 18.2 Å². The van der Waals surface area contributed by atoms with Gasteiger partial charge < -0.3 is 9.84 Å². The number of hydrogen-bond acceptors (Lipinski definition) is 3. The SMILES string of the molecule is C#CC(C)(C)OC(=O)CO. The zero-order valence-corrected chi connectivity index (χ0v) is 6.05. The molecule has 0 aliphatic carbocycles. The van der Waals surface area contributed by atoms with Crippen LogP contribution >= 0.6 is 0 Å². The Labute approximate surface area is 60.0 Å². The highest BCUT2D eigenvalue weighted by molar-refractivity contribution is 5.71. The summed E-state index contributed by atoms with van der Waals surface area (Å²) in [6.07, 6.45) is 5.00. The van der Waals surface area contributed by atoms with Gasteiger partial charge in [0.25, 0.3) is 0 Å². The molecule has 0 aliphatic rings. The first-order valence-corrected chi connectivity index (χ1v) is 2.82. The van der Waals surface area contributed by atoms with E-state index in [0.717, 1.165) is 0 Å². The lowest BCUT2D eigenvalue weighted by molar-refractivity contribution is -0.155. The Hall–Kier alpha value is -1.01. The molecular weight excluding hydrogens is 132 g/mol. The Balaban J connectivity index is 3.92. The van der Waals surface area contributed by atoms with E-state index in [1.807, 2.05) is 0 Å². The number of carbonyl (C=O) groups is 1. The second kappa shape index (κ2) is 3.23. The Morgan fingerprint density at radius 3 is 2.60 bits per heavy atom. The molecule has 0 aromatic heterocycles. The van der Waals surface area contributed by atoms with Crippen LogP contribution in [-0.2, 0) is 9.53 Å². The van der Waals surface area contributed by atoms with Crippen LogP contribution in [0.15, 0.2) is 0 Å². The highest BCUT2D eigenvalue weighted by Crippen LogP contribution is 2.06.